The molecular formula is C17H28ClN3O. The first-order chi connectivity index (χ1) is 9.99. The van der Waals surface area contributed by atoms with Crippen molar-refractivity contribution in [1.82, 2.24) is 4.90 Å². The van der Waals surface area contributed by atoms with Crippen LogP contribution in [0.3, 0.4) is 0 Å². The van der Waals surface area contributed by atoms with Gasteiger partial charge in [0, 0.05) is 18.3 Å². The second kappa shape index (κ2) is 8.51. The molecule has 3 N–H and O–H groups in total. The van der Waals surface area contributed by atoms with Crippen molar-refractivity contribution < 1.29 is 4.79 Å². The number of benzene rings is 1. The van der Waals surface area contributed by atoms with Crippen molar-refractivity contribution in [3.05, 3.63) is 29.8 Å². The van der Waals surface area contributed by atoms with Crippen LogP contribution in [0, 0.1) is 5.92 Å². The van der Waals surface area contributed by atoms with Crippen LogP contribution >= 0.6 is 12.4 Å². The number of likely N-dealkylation sites (tertiary alicyclic amines) is 1. The summed E-state index contributed by atoms with van der Waals surface area (Å²) in [6.45, 7) is 8.58. The maximum Gasteiger partial charge on any atom is 0.238 e. The molecule has 1 aromatic carbocycles. The fraction of sp³-hybridized carbons (Fsp3) is 0.588. The molecule has 124 valence electrons. The molecule has 2 unspecified atom stereocenters. The van der Waals surface area contributed by atoms with Crippen LogP contribution in [0.15, 0.2) is 24.3 Å². The third-order valence-electron chi connectivity index (χ3n) is 4.33. The second-order valence-electron chi connectivity index (χ2n) is 6.44. The van der Waals surface area contributed by atoms with Gasteiger partial charge in [0.2, 0.25) is 5.91 Å². The fourth-order valence-electron chi connectivity index (χ4n) is 2.95. The Balaban J connectivity index is 0.00000242. The lowest BCUT2D eigenvalue weighted by Gasteiger charge is -2.20. The van der Waals surface area contributed by atoms with Gasteiger partial charge in [0.25, 0.3) is 0 Å². The Kier molecular flexibility index (Phi) is 7.33. The molecule has 1 aliphatic heterocycles. The highest BCUT2D eigenvalue weighted by molar-refractivity contribution is 5.92. The number of nitrogens with zero attached hydrogens (tertiary/aromatic N) is 1. The quantitative estimate of drug-likeness (QED) is 0.875. The Morgan fingerprint density at radius 1 is 1.36 bits per heavy atom. The molecule has 1 aliphatic rings. The maximum absolute atomic E-state index is 12.1. The van der Waals surface area contributed by atoms with Crippen LogP contribution in [0.2, 0.25) is 0 Å². The van der Waals surface area contributed by atoms with Crippen LogP contribution in [0.1, 0.15) is 38.7 Å². The summed E-state index contributed by atoms with van der Waals surface area (Å²) in [5.74, 6) is 1.09. The van der Waals surface area contributed by atoms with Gasteiger partial charge in [-0.2, -0.15) is 0 Å². The van der Waals surface area contributed by atoms with E-state index < -0.39 is 0 Å². The summed E-state index contributed by atoms with van der Waals surface area (Å²) in [5, 5.41) is 2.98. The van der Waals surface area contributed by atoms with Gasteiger partial charge in [-0.1, -0.05) is 26.0 Å². The zero-order valence-corrected chi connectivity index (χ0v) is 14.5. The van der Waals surface area contributed by atoms with E-state index in [-0.39, 0.29) is 18.3 Å². The molecule has 0 saturated carbocycles. The highest BCUT2D eigenvalue weighted by atomic mass is 35.5. The molecule has 0 aromatic heterocycles. The predicted octanol–water partition coefficient (Wildman–Crippen LogP) is 2.84. The number of amides is 1. The van der Waals surface area contributed by atoms with E-state index in [1.165, 1.54) is 5.56 Å². The van der Waals surface area contributed by atoms with Crippen molar-refractivity contribution in [2.24, 2.45) is 11.7 Å². The van der Waals surface area contributed by atoms with E-state index in [0.717, 1.165) is 18.7 Å². The molecule has 22 heavy (non-hydrogen) atoms. The van der Waals surface area contributed by atoms with E-state index >= 15 is 0 Å². The van der Waals surface area contributed by atoms with Gasteiger partial charge in [0.15, 0.2) is 0 Å². The number of hydrogen-bond donors (Lipinski definition) is 2. The third-order valence-corrected chi connectivity index (χ3v) is 4.33. The van der Waals surface area contributed by atoms with Crippen molar-refractivity contribution in [1.29, 1.82) is 0 Å². The van der Waals surface area contributed by atoms with Gasteiger partial charge in [-0.25, -0.2) is 0 Å². The highest BCUT2D eigenvalue weighted by Gasteiger charge is 2.29. The molecule has 1 amide bonds. The predicted molar refractivity (Wildman–Crippen MR) is 94.6 cm³/mol. The average molecular weight is 326 g/mol. The minimum Gasteiger partial charge on any atom is -0.330 e. The number of nitrogens with two attached hydrogens (primary N) is 1. The molecular weight excluding hydrogens is 298 g/mol. The summed E-state index contributed by atoms with van der Waals surface area (Å²) >= 11 is 0. The normalized spacial score (nSPS) is 21.7. The van der Waals surface area contributed by atoms with Crippen LogP contribution < -0.4 is 11.1 Å². The van der Waals surface area contributed by atoms with Crippen molar-refractivity contribution in [3.8, 4) is 0 Å². The van der Waals surface area contributed by atoms with Gasteiger partial charge >= 0.3 is 0 Å². The summed E-state index contributed by atoms with van der Waals surface area (Å²) < 4.78 is 0. The summed E-state index contributed by atoms with van der Waals surface area (Å²) in [7, 11) is 0. The lowest BCUT2D eigenvalue weighted by Crippen LogP contribution is -2.36. The van der Waals surface area contributed by atoms with Crippen LogP contribution in [0.4, 0.5) is 5.69 Å². The Bertz CT molecular complexity index is 475. The largest absolute Gasteiger partial charge is 0.330 e. The minimum absolute atomic E-state index is 0. The second-order valence-corrected chi connectivity index (χ2v) is 6.44. The Hall–Kier alpha value is -1.10. The van der Waals surface area contributed by atoms with Crippen LogP contribution in [0.5, 0.6) is 0 Å². The number of halogens is 1. The molecule has 1 heterocycles. The van der Waals surface area contributed by atoms with E-state index in [1.807, 2.05) is 12.1 Å². The molecule has 1 saturated heterocycles. The molecule has 1 aromatic rings. The van der Waals surface area contributed by atoms with Crippen molar-refractivity contribution in [2.75, 3.05) is 25.0 Å². The smallest absolute Gasteiger partial charge is 0.238 e. The van der Waals surface area contributed by atoms with E-state index in [2.05, 4.69) is 43.1 Å². The van der Waals surface area contributed by atoms with E-state index in [1.54, 1.807) is 0 Å². The van der Waals surface area contributed by atoms with E-state index in [4.69, 9.17) is 5.73 Å². The molecule has 2 atom stereocenters. The number of anilines is 1. The summed E-state index contributed by atoms with van der Waals surface area (Å²) in [5.41, 5.74) is 7.88. The Morgan fingerprint density at radius 2 is 2.00 bits per heavy atom. The van der Waals surface area contributed by atoms with Gasteiger partial charge < -0.3 is 11.1 Å². The standard InChI is InChI=1S/C17H27N3O.ClH/c1-12(2)15-4-6-16(7-5-15)19-17(21)11-20-10-14(9-18)8-13(20)3;/h4-7,12-14H,8-11,18H2,1-3H3,(H,19,21);1H. The van der Waals surface area contributed by atoms with Crippen LogP contribution in [0.25, 0.3) is 0 Å². The van der Waals surface area contributed by atoms with Gasteiger partial charge in [-0.05, 0) is 49.4 Å². The monoisotopic (exact) mass is 325 g/mol. The molecule has 0 radical (unpaired) electrons. The molecule has 4 nitrogen and oxygen atoms in total. The Labute approximate surface area is 139 Å². The molecule has 1 fully saturated rings. The molecule has 0 spiro atoms. The average Bonchev–Trinajstić information content (AvgIpc) is 2.80. The third kappa shape index (κ3) is 4.97. The highest BCUT2D eigenvalue weighted by Crippen LogP contribution is 2.22. The van der Waals surface area contributed by atoms with Crippen LogP contribution in [-0.4, -0.2) is 36.5 Å². The van der Waals surface area contributed by atoms with E-state index in [9.17, 15) is 4.79 Å². The summed E-state index contributed by atoms with van der Waals surface area (Å²) in [6.07, 6.45) is 1.09. The lowest BCUT2D eigenvalue weighted by molar-refractivity contribution is -0.117. The van der Waals surface area contributed by atoms with Crippen molar-refractivity contribution >= 4 is 24.0 Å². The zero-order valence-electron chi connectivity index (χ0n) is 13.7. The molecule has 0 bridgehead atoms. The number of carbonyl (C=O) groups is 1. The van der Waals surface area contributed by atoms with Gasteiger partial charge in [0.1, 0.15) is 0 Å². The van der Waals surface area contributed by atoms with E-state index in [0.29, 0.717) is 31.0 Å². The summed E-state index contributed by atoms with van der Waals surface area (Å²) in [4.78, 5) is 14.4. The first-order valence-electron chi connectivity index (χ1n) is 7.83. The molecule has 5 heteroatoms. The number of carbonyl (C=O) groups excluding carboxylic acids is 1. The number of rotatable bonds is 5. The van der Waals surface area contributed by atoms with Crippen LogP contribution in [-0.2, 0) is 4.79 Å². The topological polar surface area (TPSA) is 58.4 Å². The first-order valence-corrected chi connectivity index (χ1v) is 7.83. The lowest BCUT2D eigenvalue weighted by atomic mass is 10.0. The van der Waals surface area contributed by atoms with Gasteiger partial charge in [-0.15, -0.1) is 12.4 Å². The first kappa shape index (κ1) is 18.9. The number of hydrogen-bond acceptors (Lipinski definition) is 3. The Morgan fingerprint density at radius 3 is 2.50 bits per heavy atom. The van der Waals surface area contributed by atoms with Gasteiger partial charge in [0.05, 0.1) is 6.54 Å². The number of nitrogens with one attached hydrogen (secondary N) is 1. The fourth-order valence-corrected chi connectivity index (χ4v) is 2.95. The minimum atomic E-state index is 0. The SMILES string of the molecule is CC(C)c1ccc(NC(=O)CN2CC(CN)CC2C)cc1.Cl. The van der Waals surface area contributed by atoms with Crippen molar-refractivity contribution in [2.45, 2.75) is 39.2 Å². The molecule has 2 rings (SSSR count). The maximum atomic E-state index is 12.1. The molecule has 0 aliphatic carbocycles. The van der Waals surface area contributed by atoms with Crippen molar-refractivity contribution in [3.63, 3.8) is 0 Å². The summed E-state index contributed by atoms with van der Waals surface area (Å²) in [6, 6.07) is 8.53. The zero-order chi connectivity index (χ0) is 15.4. The van der Waals surface area contributed by atoms with Gasteiger partial charge in [-0.3, -0.25) is 9.69 Å².